The van der Waals surface area contributed by atoms with Crippen molar-refractivity contribution in [1.82, 2.24) is 15.5 Å². The molecule has 2 aliphatic rings. The van der Waals surface area contributed by atoms with E-state index in [1.54, 1.807) is 5.57 Å². The number of nitrogens with one attached hydrogen (secondary N) is 2. The molecule has 2 N–H and O–H groups in total. The zero-order valence-corrected chi connectivity index (χ0v) is 16.6. The molecule has 0 aromatic carbocycles. The van der Waals surface area contributed by atoms with Gasteiger partial charge < -0.3 is 15.5 Å². The van der Waals surface area contributed by atoms with Crippen LogP contribution in [0.25, 0.3) is 0 Å². The molecule has 0 aromatic heterocycles. The van der Waals surface area contributed by atoms with E-state index in [4.69, 9.17) is 0 Å². The summed E-state index contributed by atoms with van der Waals surface area (Å²) in [5.74, 6) is 1.76. The van der Waals surface area contributed by atoms with Crippen LogP contribution < -0.4 is 10.6 Å². The van der Waals surface area contributed by atoms with E-state index < -0.39 is 0 Å². The zero-order valence-electron chi connectivity index (χ0n) is 14.2. The van der Waals surface area contributed by atoms with Crippen molar-refractivity contribution < 1.29 is 0 Å². The number of guanidine groups is 1. The summed E-state index contributed by atoms with van der Waals surface area (Å²) in [7, 11) is 4.08. The third-order valence-electron chi connectivity index (χ3n) is 4.74. The minimum absolute atomic E-state index is 0. The molecule has 0 aromatic rings. The van der Waals surface area contributed by atoms with Crippen LogP contribution in [0.3, 0.4) is 0 Å². The van der Waals surface area contributed by atoms with Crippen molar-refractivity contribution in [2.45, 2.75) is 44.9 Å². The third kappa shape index (κ3) is 7.31. The molecule has 128 valence electrons. The summed E-state index contributed by atoms with van der Waals surface area (Å²) >= 11 is 0. The van der Waals surface area contributed by atoms with E-state index >= 15 is 0 Å². The van der Waals surface area contributed by atoms with Gasteiger partial charge in [-0.3, -0.25) is 4.99 Å². The molecular formula is C17H33IN4. The minimum Gasteiger partial charge on any atom is -0.356 e. The van der Waals surface area contributed by atoms with Gasteiger partial charge in [0.15, 0.2) is 5.96 Å². The molecule has 1 saturated heterocycles. The van der Waals surface area contributed by atoms with Crippen molar-refractivity contribution in [2.24, 2.45) is 10.9 Å². The maximum Gasteiger partial charge on any atom is 0.190 e. The van der Waals surface area contributed by atoms with Crippen LogP contribution in [0.15, 0.2) is 16.6 Å². The summed E-state index contributed by atoms with van der Waals surface area (Å²) in [6.07, 6.45) is 11.5. The molecule has 0 atom stereocenters. The standard InChI is InChI=1S/C17H32N4.HI/c1-18-17(19-11-8-15-6-4-3-5-7-15)20-14-16-9-12-21(2)13-10-16;/h6,16H,3-5,7-14H2,1-2H3,(H2,18,19,20);1H. The summed E-state index contributed by atoms with van der Waals surface area (Å²) < 4.78 is 0. The van der Waals surface area contributed by atoms with E-state index in [1.165, 1.54) is 51.6 Å². The largest absolute Gasteiger partial charge is 0.356 e. The summed E-state index contributed by atoms with van der Waals surface area (Å²) in [6.45, 7) is 4.51. The first-order valence-corrected chi connectivity index (χ1v) is 8.59. The Hall–Kier alpha value is -0.300. The average Bonchev–Trinajstić information content (AvgIpc) is 2.53. The highest BCUT2D eigenvalue weighted by atomic mass is 127. The van der Waals surface area contributed by atoms with Crippen molar-refractivity contribution in [3.8, 4) is 0 Å². The molecule has 5 heteroatoms. The van der Waals surface area contributed by atoms with Crippen LogP contribution in [0.2, 0.25) is 0 Å². The number of aliphatic imine (C=N–C) groups is 1. The highest BCUT2D eigenvalue weighted by Crippen LogP contribution is 2.19. The van der Waals surface area contributed by atoms with Crippen molar-refractivity contribution >= 4 is 29.9 Å². The fourth-order valence-electron chi connectivity index (χ4n) is 3.20. The highest BCUT2D eigenvalue weighted by Gasteiger charge is 2.16. The molecule has 2 rings (SSSR count). The summed E-state index contributed by atoms with van der Waals surface area (Å²) in [5, 5.41) is 6.95. The van der Waals surface area contributed by atoms with Gasteiger partial charge in [0.05, 0.1) is 0 Å². The minimum atomic E-state index is 0. The van der Waals surface area contributed by atoms with Crippen molar-refractivity contribution in [1.29, 1.82) is 0 Å². The van der Waals surface area contributed by atoms with Crippen LogP contribution in [-0.4, -0.2) is 51.1 Å². The number of nitrogens with zero attached hydrogens (tertiary/aromatic N) is 2. The topological polar surface area (TPSA) is 39.7 Å². The lowest BCUT2D eigenvalue weighted by atomic mass is 9.97. The van der Waals surface area contributed by atoms with Crippen LogP contribution in [0.5, 0.6) is 0 Å². The highest BCUT2D eigenvalue weighted by molar-refractivity contribution is 14.0. The lowest BCUT2D eigenvalue weighted by Crippen LogP contribution is -2.42. The molecule has 22 heavy (non-hydrogen) atoms. The first kappa shape index (κ1) is 19.7. The first-order chi connectivity index (χ1) is 10.3. The molecule has 0 saturated carbocycles. The molecule has 0 radical (unpaired) electrons. The predicted molar refractivity (Wildman–Crippen MR) is 106 cm³/mol. The van der Waals surface area contributed by atoms with Gasteiger partial charge in [-0.1, -0.05) is 11.6 Å². The van der Waals surface area contributed by atoms with E-state index in [-0.39, 0.29) is 24.0 Å². The lowest BCUT2D eigenvalue weighted by molar-refractivity contribution is 0.220. The Kier molecular flexibility index (Phi) is 10.1. The summed E-state index contributed by atoms with van der Waals surface area (Å²) in [4.78, 5) is 6.75. The summed E-state index contributed by atoms with van der Waals surface area (Å²) in [5.41, 5.74) is 1.62. The average molecular weight is 420 g/mol. The normalized spacial score (nSPS) is 21.0. The number of rotatable bonds is 5. The smallest absolute Gasteiger partial charge is 0.190 e. The van der Waals surface area contributed by atoms with Gasteiger partial charge in [0.2, 0.25) is 0 Å². The quantitative estimate of drug-likeness (QED) is 0.311. The Morgan fingerprint density at radius 1 is 1.27 bits per heavy atom. The molecule has 1 aliphatic carbocycles. The second kappa shape index (κ2) is 11.3. The molecule has 0 bridgehead atoms. The fraction of sp³-hybridized carbons (Fsp3) is 0.824. The predicted octanol–water partition coefficient (Wildman–Crippen LogP) is 3.00. The number of allylic oxidation sites excluding steroid dienone is 1. The van der Waals surface area contributed by atoms with Gasteiger partial charge in [-0.25, -0.2) is 0 Å². The van der Waals surface area contributed by atoms with E-state index in [0.29, 0.717) is 0 Å². The molecule has 0 amide bonds. The van der Waals surface area contributed by atoms with E-state index in [0.717, 1.165) is 31.4 Å². The molecular weight excluding hydrogens is 387 g/mol. The van der Waals surface area contributed by atoms with Crippen LogP contribution >= 0.6 is 24.0 Å². The van der Waals surface area contributed by atoms with Gasteiger partial charge in [-0.15, -0.1) is 24.0 Å². The van der Waals surface area contributed by atoms with Crippen molar-refractivity contribution in [3.63, 3.8) is 0 Å². The van der Waals surface area contributed by atoms with E-state index in [1.807, 2.05) is 7.05 Å². The number of halogens is 1. The lowest BCUT2D eigenvalue weighted by Gasteiger charge is -2.29. The Labute approximate surface area is 153 Å². The second-order valence-corrected chi connectivity index (χ2v) is 6.48. The second-order valence-electron chi connectivity index (χ2n) is 6.48. The van der Waals surface area contributed by atoms with Crippen LogP contribution in [-0.2, 0) is 0 Å². The molecule has 0 unspecified atom stereocenters. The number of piperidine rings is 1. The number of likely N-dealkylation sites (tertiary alicyclic amines) is 1. The molecule has 1 aliphatic heterocycles. The number of hydrogen-bond donors (Lipinski definition) is 2. The van der Waals surface area contributed by atoms with Crippen molar-refractivity contribution in [3.05, 3.63) is 11.6 Å². The monoisotopic (exact) mass is 420 g/mol. The van der Waals surface area contributed by atoms with Crippen LogP contribution in [0, 0.1) is 5.92 Å². The Bertz CT molecular complexity index is 360. The van der Waals surface area contributed by atoms with E-state index in [9.17, 15) is 0 Å². The first-order valence-electron chi connectivity index (χ1n) is 8.59. The molecule has 0 spiro atoms. The van der Waals surface area contributed by atoms with Gasteiger partial charge in [-0.2, -0.15) is 0 Å². The van der Waals surface area contributed by atoms with Gasteiger partial charge >= 0.3 is 0 Å². The van der Waals surface area contributed by atoms with Gasteiger partial charge in [0.25, 0.3) is 0 Å². The van der Waals surface area contributed by atoms with Crippen molar-refractivity contribution in [2.75, 3.05) is 40.3 Å². The molecule has 1 heterocycles. The third-order valence-corrected chi connectivity index (χ3v) is 4.74. The zero-order chi connectivity index (χ0) is 14.9. The Morgan fingerprint density at radius 2 is 2.05 bits per heavy atom. The number of hydrogen-bond acceptors (Lipinski definition) is 2. The fourth-order valence-corrected chi connectivity index (χ4v) is 3.20. The van der Waals surface area contributed by atoms with E-state index in [2.05, 4.69) is 33.6 Å². The molecule has 4 nitrogen and oxygen atoms in total. The maximum atomic E-state index is 4.33. The Morgan fingerprint density at radius 3 is 2.68 bits per heavy atom. The van der Waals surface area contributed by atoms with Crippen LogP contribution in [0.4, 0.5) is 0 Å². The maximum absolute atomic E-state index is 4.33. The SMILES string of the molecule is CN=C(NCCC1=CCCCC1)NCC1CCN(C)CC1.I. The summed E-state index contributed by atoms with van der Waals surface area (Å²) in [6, 6.07) is 0. The molecule has 1 fully saturated rings. The Balaban J connectivity index is 0.00000242. The van der Waals surface area contributed by atoms with Gasteiger partial charge in [-0.05, 0) is 71.0 Å². The van der Waals surface area contributed by atoms with Crippen LogP contribution in [0.1, 0.15) is 44.9 Å². The van der Waals surface area contributed by atoms with Gasteiger partial charge in [0, 0.05) is 20.1 Å². The van der Waals surface area contributed by atoms with Gasteiger partial charge in [0.1, 0.15) is 0 Å².